The summed E-state index contributed by atoms with van der Waals surface area (Å²) in [6, 6.07) is 0.966. The largest absolute Gasteiger partial charge is 0.393 e. The van der Waals surface area contributed by atoms with Crippen molar-refractivity contribution in [3.8, 4) is 0 Å². The van der Waals surface area contributed by atoms with Gasteiger partial charge in [-0.1, -0.05) is 12.2 Å². The van der Waals surface area contributed by atoms with Gasteiger partial charge in [0.1, 0.15) is 0 Å². The molecule has 1 spiro atoms. The lowest BCUT2D eigenvalue weighted by Crippen LogP contribution is -2.52. The summed E-state index contributed by atoms with van der Waals surface area (Å²) in [5, 5.41) is 0. The van der Waals surface area contributed by atoms with Gasteiger partial charge in [-0.2, -0.15) is 0 Å². The van der Waals surface area contributed by atoms with Crippen LogP contribution in [0.25, 0.3) is 0 Å². The van der Waals surface area contributed by atoms with Crippen LogP contribution in [0.5, 0.6) is 0 Å². The van der Waals surface area contributed by atoms with E-state index in [0.717, 1.165) is 51.9 Å². The van der Waals surface area contributed by atoms with E-state index in [1.807, 2.05) is 0 Å². The van der Waals surface area contributed by atoms with E-state index in [1.165, 1.54) is 0 Å². The molecule has 2 fully saturated rings. The average molecular weight is 286 g/mol. The Morgan fingerprint density at radius 3 is 2.74 bits per heavy atom. The number of rotatable bonds is 4. The molecule has 0 aromatic carbocycles. The van der Waals surface area contributed by atoms with Crippen LogP contribution in [0.15, 0.2) is 0 Å². The zero-order valence-electron chi connectivity index (χ0n) is 12.1. The minimum absolute atomic E-state index is 0.0539. The van der Waals surface area contributed by atoms with Gasteiger partial charge in [0.25, 0.3) is 0 Å². The average Bonchev–Trinajstić information content (AvgIpc) is 2.38. The molecule has 0 aromatic rings. The highest BCUT2D eigenvalue weighted by Crippen LogP contribution is 2.36. The fourth-order valence-electron chi connectivity index (χ4n) is 3.24. The SMILES string of the molecule is CC(CC(N)=S)N(C)C1CCOC2(CCOCC2)C1. The molecule has 2 N–H and O–H groups in total. The third-order valence-corrected chi connectivity index (χ3v) is 4.81. The Morgan fingerprint density at radius 2 is 2.11 bits per heavy atom. The maximum atomic E-state index is 6.09. The third kappa shape index (κ3) is 3.88. The molecule has 0 saturated carbocycles. The minimum Gasteiger partial charge on any atom is -0.393 e. The van der Waals surface area contributed by atoms with Crippen molar-refractivity contribution in [2.45, 2.75) is 56.7 Å². The fourth-order valence-corrected chi connectivity index (χ4v) is 3.48. The number of nitrogens with zero attached hydrogens (tertiary/aromatic N) is 1. The first kappa shape index (κ1) is 15.2. The predicted molar refractivity (Wildman–Crippen MR) is 80.4 cm³/mol. The first-order valence-electron chi connectivity index (χ1n) is 7.24. The van der Waals surface area contributed by atoms with E-state index in [2.05, 4.69) is 18.9 Å². The number of nitrogens with two attached hydrogens (primary N) is 1. The summed E-state index contributed by atoms with van der Waals surface area (Å²) >= 11 is 5.02. The molecule has 0 aliphatic carbocycles. The van der Waals surface area contributed by atoms with Crippen molar-refractivity contribution in [3.63, 3.8) is 0 Å². The summed E-state index contributed by atoms with van der Waals surface area (Å²) in [6.45, 7) is 4.72. The minimum atomic E-state index is 0.0539. The molecule has 2 aliphatic rings. The molecule has 2 rings (SSSR count). The molecular formula is C14H26N2O2S. The van der Waals surface area contributed by atoms with Crippen LogP contribution in [0.2, 0.25) is 0 Å². The van der Waals surface area contributed by atoms with Crippen molar-refractivity contribution in [2.75, 3.05) is 26.9 Å². The zero-order valence-corrected chi connectivity index (χ0v) is 12.9. The van der Waals surface area contributed by atoms with Crippen molar-refractivity contribution in [2.24, 2.45) is 5.73 Å². The van der Waals surface area contributed by atoms with Gasteiger partial charge in [-0.25, -0.2) is 0 Å². The predicted octanol–water partition coefficient (Wildman–Crippen LogP) is 1.71. The van der Waals surface area contributed by atoms with Crippen LogP contribution < -0.4 is 5.73 Å². The number of hydrogen-bond acceptors (Lipinski definition) is 4. The molecule has 2 saturated heterocycles. The van der Waals surface area contributed by atoms with Crippen LogP contribution in [-0.2, 0) is 9.47 Å². The maximum Gasteiger partial charge on any atom is 0.0742 e. The lowest BCUT2D eigenvalue weighted by molar-refractivity contribution is -0.151. The second-order valence-electron chi connectivity index (χ2n) is 5.98. The van der Waals surface area contributed by atoms with Crippen LogP contribution in [0.3, 0.4) is 0 Å². The van der Waals surface area contributed by atoms with Crippen molar-refractivity contribution in [3.05, 3.63) is 0 Å². The quantitative estimate of drug-likeness (QED) is 0.797. The number of thiocarbonyl (C=S) groups is 1. The second kappa shape index (κ2) is 6.48. The van der Waals surface area contributed by atoms with E-state index in [0.29, 0.717) is 17.1 Å². The summed E-state index contributed by atoms with van der Waals surface area (Å²) in [7, 11) is 2.19. The summed E-state index contributed by atoms with van der Waals surface area (Å²) < 4.78 is 11.6. The van der Waals surface area contributed by atoms with Crippen molar-refractivity contribution in [1.82, 2.24) is 4.90 Å². The first-order valence-corrected chi connectivity index (χ1v) is 7.65. The Labute approximate surface area is 121 Å². The number of ether oxygens (including phenoxy) is 2. The van der Waals surface area contributed by atoms with Gasteiger partial charge >= 0.3 is 0 Å². The smallest absolute Gasteiger partial charge is 0.0742 e. The van der Waals surface area contributed by atoms with E-state index in [-0.39, 0.29) is 5.60 Å². The van der Waals surface area contributed by atoms with Gasteiger partial charge in [-0.15, -0.1) is 0 Å². The molecule has 2 unspecified atom stereocenters. The fraction of sp³-hybridized carbons (Fsp3) is 0.929. The van der Waals surface area contributed by atoms with E-state index in [9.17, 15) is 0 Å². The molecular weight excluding hydrogens is 260 g/mol. The maximum absolute atomic E-state index is 6.09. The monoisotopic (exact) mass is 286 g/mol. The van der Waals surface area contributed by atoms with Gasteiger partial charge in [0.15, 0.2) is 0 Å². The molecule has 2 heterocycles. The normalized spacial score (nSPS) is 28.5. The number of hydrogen-bond donors (Lipinski definition) is 1. The van der Waals surface area contributed by atoms with Gasteiger partial charge in [0.2, 0.25) is 0 Å². The second-order valence-corrected chi connectivity index (χ2v) is 6.50. The summed E-state index contributed by atoms with van der Waals surface area (Å²) in [4.78, 5) is 3.03. The Morgan fingerprint density at radius 1 is 1.42 bits per heavy atom. The topological polar surface area (TPSA) is 47.7 Å². The van der Waals surface area contributed by atoms with Gasteiger partial charge in [-0.05, 0) is 39.7 Å². The van der Waals surface area contributed by atoms with Crippen molar-refractivity contribution < 1.29 is 9.47 Å². The van der Waals surface area contributed by atoms with E-state index in [1.54, 1.807) is 0 Å². The van der Waals surface area contributed by atoms with E-state index >= 15 is 0 Å². The molecule has 2 aliphatic heterocycles. The van der Waals surface area contributed by atoms with Gasteiger partial charge in [-0.3, -0.25) is 0 Å². The third-order valence-electron chi connectivity index (χ3n) is 4.64. The summed E-state index contributed by atoms with van der Waals surface area (Å²) in [5.74, 6) is 0. The Bertz CT molecular complexity index is 313. The molecule has 4 nitrogen and oxygen atoms in total. The molecule has 19 heavy (non-hydrogen) atoms. The van der Waals surface area contributed by atoms with Gasteiger partial charge in [0.05, 0.1) is 10.6 Å². The van der Waals surface area contributed by atoms with Crippen LogP contribution in [0.4, 0.5) is 0 Å². The van der Waals surface area contributed by atoms with Gasteiger partial charge < -0.3 is 20.1 Å². The van der Waals surface area contributed by atoms with Crippen molar-refractivity contribution >= 4 is 17.2 Å². The van der Waals surface area contributed by atoms with E-state index < -0.39 is 0 Å². The molecule has 0 bridgehead atoms. The Kier molecular flexibility index (Phi) is 5.17. The molecule has 110 valence electrons. The summed E-state index contributed by atoms with van der Waals surface area (Å²) in [6.07, 6.45) is 5.05. The Balaban J connectivity index is 1.94. The zero-order chi connectivity index (χ0) is 13.9. The van der Waals surface area contributed by atoms with E-state index in [4.69, 9.17) is 27.4 Å². The molecule has 0 amide bonds. The Hall–Kier alpha value is -0.230. The molecule has 5 heteroatoms. The highest BCUT2D eigenvalue weighted by molar-refractivity contribution is 7.80. The van der Waals surface area contributed by atoms with Crippen molar-refractivity contribution in [1.29, 1.82) is 0 Å². The van der Waals surface area contributed by atoms with Crippen LogP contribution in [0.1, 0.15) is 39.0 Å². The van der Waals surface area contributed by atoms with Gasteiger partial charge in [0, 0.05) is 38.3 Å². The molecule has 0 aromatic heterocycles. The van der Waals surface area contributed by atoms with Crippen LogP contribution in [0, 0.1) is 0 Å². The first-order chi connectivity index (χ1) is 9.02. The highest BCUT2D eigenvalue weighted by Gasteiger charge is 2.40. The lowest BCUT2D eigenvalue weighted by Gasteiger charge is -2.46. The molecule has 2 atom stereocenters. The molecule has 0 radical (unpaired) electrons. The summed E-state index contributed by atoms with van der Waals surface area (Å²) in [5.41, 5.74) is 5.71. The van der Waals surface area contributed by atoms with Crippen LogP contribution in [-0.4, -0.2) is 54.4 Å². The van der Waals surface area contributed by atoms with Crippen LogP contribution >= 0.6 is 12.2 Å². The highest BCUT2D eigenvalue weighted by atomic mass is 32.1. The lowest BCUT2D eigenvalue weighted by atomic mass is 9.83. The standard InChI is InChI=1S/C14H26N2O2S/c1-11(9-13(15)19)16(2)12-3-6-18-14(10-12)4-7-17-8-5-14/h11-12H,3-10H2,1-2H3,(H2,15,19).